The highest BCUT2D eigenvalue weighted by Crippen LogP contribution is 2.26. The minimum Gasteiger partial charge on any atom is -0.493 e. The Balaban J connectivity index is 1.81. The monoisotopic (exact) mass is 324 g/mol. The number of benzene rings is 2. The predicted molar refractivity (Wildman–Crippen MR) is 93.1 cm³/mol. The van der Waals surface area contributed by atoms with E-state index < -0.39 is 0 Å². The van der Waals surface area contributed by atoms with E-state index in [1.165, 1.54) is 0 Å². The second kappa shape index (κ2) is 6.82. The van der Waals surface area contributed by atoms with E-state index in [-0.39, 0.29) is 11.4 Å². The Kier molecular flexibility index (Phi) is 4.42. The summed E-state index contributed by atoms with van der Waals surface area (Å²) < 4.78 is 10.4. The molecular formula is C17H16N4O3. The Hall–Kier alpha value is -3.35. The first-order valence-corrected chi connectivity index (χ1v) is 7.21. The molecule has 0 spiro atoms. The lowest BCUT2D eigenvalue weighted by Gasteiger charge is -2.07. The lowest BCUT2D eigenvalue weighted by molar-refractivity contribution is 0.355. The van der Waals surface area contributed by atoms with E-state index in [9.17, 15) is 4.79 Å². The lowest BCUT2D eigenvalue weighted by atomic mass is 10.2. The number of para-hydroxylation sites is 2. The van der Waals surface area contributed by atoms with Crippen molar-refractivity contribution in [3.63, 3.8) is 0 Å². The average molecular weight is 324 g/mol. The summed E-state index contributed by atoms with van der Waals surface area (Å²) in [6.45, 7) is 0. The van der Waals surface area contributed by atoms with E-state index in [0.717, 1.165) is 5.56 Å². The molecule has 2 aromatic carbocycles. The van der Waals surface area contributed by atoms with E-state index in [2.05, 4.69) is 20.5 Å². The van der Waals surface area contributed by atoms with Crippen LogP contribution in [0, 0.1) is 0 Å². The minimum absolute atomic E-state index is 0.130. The van der Waals surface area contributed by atoms with Gasteiger partial charge in [-0.2, -0.15) is 5.10 Å². The van der Waals surface area contributed by atoms with Crippen molar-refractivity contribution in [1.29, 1.82) is 0 Å². The summed E-state index contributed by atoms with van der Waals surface area (Å²) in [7, 11) is 3.14. The third kappa shape index (κ3) is 3.19. The fraction of sp³-hybridized carbons (Fsp3) is 0.118. The van der Waals surface area contributed by atoms with Crippen molar-refractivity contribution in [2.24, 2.45) is 5.10 Å². The summed E-state index contributed by atoms with van der Waals surface area (Å²) in [5, 5.41) is 4.06. The van der Waals surface area contributed by atoms with Crippen LogP contribution in [0.5, 0.6) is 11.5 Å². The Morgan fingerprint density at radius 3 is 2.71 bits per heavy atom. The second-order valence-electron chi connectivity index (χ2n) is 4.92. The number of aromatic amines is 1. The maximum Gasteiger partial charge on any atom is 0.293 e. The van der Waals surface area contributed by atoms with Crippen molar-refractivity contribution in [2.75, 3.05) is 19.6 Å². The quantitative estimate of drug-likeness (QED) is 0.556. The Morgan fingerprint density at radius 2 is 1.92 bits per heavy atom. The highest BCUT2D eigenvalue weighted by atomic mass is 16.5. The number of ether oxygens (including phenoxy) is 2. The van der Waals surface area contributed by atoms with E-state index in [4.69, 9.17) is 9.47 Å². The van der Waals surface area contributed by atoms with Crippen LogP contribution in [0.25, 0.3) is 11.0 Å². The van der Waals surface area contributed by atoms with Gasteiger partial charge in [0, 0.05) is 0 Å². The number of anilines is 1. The number of H-pyrrole nitrogens is 1. The van der Waals surface area contributed by atoms with Crippen LogP contribution >= 0.6 is 0 Å². The van der Waals surface area contributed by atoms with Crippen molar-refractivity contribution in [1.82, 2.24) is 9.97 Å². The van der Waals surface area contributed by atoms with Crippen molar-refractivity contribution in [3.8, 4) is 11.5 Å². The number of nitrogens with zero attached hydrogens (tertiary/aromatic N) is 2. The normalized spacial score (nSPS) is 10.9. The fourth-order valence-electron chi connectivity index (χ4n) is 2.21. The molecule has 122 valence electrons. The Bertz CT molecular complexity index is 950. The SMILES string of the molecule is COc1ccc(/C=N/Nc2nc3ccccc3[nH]c2=O)cc1OC. The average Bonchev–Trinajstić information content (AvgIpc) is 2.62. The molecule has 0 atom stereocenters. The van der Waals surface area contributed by atoms with Gasteiger partial charge in [0.15, 0.2) is 11.5 Å². The van der Waals surface area contributed by atoms with Crippen molar-refractivity contribution in [2.45, 2.75) is 0 Å². The van der Waals surface area contributed by atoms with Gasteiger partial charge in [-0.15, -0.1) is 0 Å². The number of hydrogen-bond donors (Lipinski definition) is 2. The van der Waals surface area contributed by atoms with Gasteiger partial charge in [-0.1, -0.05) is 12.1 Å². The molecule has 0 aliphatic heterocycles. The molecule has 2 N–H and O–H groups in total. The molecule has 1 heterocycles. The first-order valence-electron chi connectivity index (χ1n) is 7.21. The van der Waals surface area contributed by atoms with Gasteiger partial charge in [-0.3, -0.25) is 10.2 Å². The molecule has 7 nitrogen and oxygen atoms in total. The van der Waals surface area contributed by atoms with Crippen molar-refractivity contribution >= 4 is 23.1 Å². The molecular weight excluding hydrogens is 308 g/mol. The molecule has 7 heteroatoms. The summed E-state index contributed by atoms with van der Waals surface area (Å²) in [6.07, 6.45) is 1.57. The smallest absolute Gasteiger partial charge is 0.293 e. The molecule has 1 aromatic heterocycles. The van der Waals surface area contributed by atoms with E-state index >= 15 is 0 Å². The number of hydrazone groups is 1. The van der Waals surface area contributed by atoms with E-state index in [0.29, 0.717) is 22.5 Å². The summed E-state index contributed by atoms with van der Waals surface area (Å²) in [6, 6.07) is 12.7. The first-order chi connectivity index (χ1) is 11.7. The van der Waals surface area contributed by atoms with Gasteiger partial charge in [0.05, 0.1) is 31.5 Å². The minimum atomic E-state index is -0.335. The summed E-state index contributed by atoms with van der Waals surface area (Å²) in [5.74, 6) is 1.36. The van der Waals surface area contributed by atoms with Crippen LogP contribution in [0.15, 0.2) is 52.4 Å². The number of nitrogens with one attached hydrogen (secondary N) is 2. The summed E-state index contributed by atoms with van der Waals surface area (Å²) in [4.78, 5) is 19.0. The van der Waals surface area contributed by atoms with Gasteiger partial charge < -0.3 is 14.5 Å². The summed E-state index contributed by atoms with van der Waals surface area (Å²) >= 11 is 0. The van der Waals surface area contributed by atoms with Crippen LogP contribution in [0.3, 0.4) is 0 Å². The van der Waals surface area contributed by atoms with Crippen LogP contribution in [-0.4, -0.2) is 30.4 Å². The molecule has 3 rings (SSSR count). The maximum atomic E-state index is 12.0. The molecule has 0 fully saturated rings. The van der Waals surface area contributed by atoms with Crippen LogP contribution < -0.4 is 20.5 Å². The van der Waals surface area contributed by atoms with Gasteiger partial charge in [0.2, 0.25) is 5.82 Å². The van der Waals surface area contributed by atoms with Crippen LogP contribution in [0.4, 0.5) is 5.82 Å². The zero-order valence-electron chi connectivity index (χ0n) is 13.2. The molecule has 0 saturated heterocycles. The summed E-state index contributed by atoms with van der Waals surface area (Å²) in [5.41, 5.74) is 4.48. The molecule has 0 saturated carbocycles. The largest absolute Gasteiger partial charge is 0.493 e. The van der Waals surface area contributed by atoms with Gasteiger partial charge in [-0.25, -0.2) is 4.98 Å². The number of aromatic nitrogens is 2. The zero-order valence-corrected chi connectivity index (χ0v) is 13.2. The molecule has 24 heavy (non-hydrogen) atoms. The molecule has 0 aliphatic carbocycles. The Morgan fingerprint density at radius 1 is 1.12 bits per heavy atom. The first kappa shape index (κ1) is 15.5. The van der Waals surface area contributed by atoms with Crippen LogP contribution in [0.2, 0.25) is 0 Å². The molecule has 3 aromatic rings. The zero-order chi connectivity index (χ0) is 16.9. The maximum absolute atomic E-state index is 12.0. The van der Waals surface area contributed by atoms with Crippen LogP contribution in [-0.2, 0) is 0 Å². The van der Waals surface area contributed by atoms with Crippen molar-refractivity contribution < 1.29 is 9.47 Å². The molecule has 0 amide bonds. The highest BCUT2D eigenvalue weighted by Gasteiger charge is 2.04. The predicted octanol–water partition coefficient (Wildman–Crippen LogP) is 2.39. The molecule has 0 radical (unpaired) electrons. The third-order valence-corrected chi connectivity index (χ3v) is 3.39. The third-order valence-electron chi connectivity index (χ3n) is 3.39. The number of hydrogen-bond acceptors (Lipinski definition) is 6. The number of rotatable bonds is 5. The fourth-order valence-corrected chi connectivity index (χ4v) is 2.21. The number of fused-ring (bicyclic) bond motifs is 1. The van der Waals surface area contributed by atoms with Crippen LogP contribution in [0.1, 0.15) is 5.56 Å². The second-order valence-corrected chi connectivity index (χ2v) is 4.92. The molecule has 0 bridgehead atoms. The lowest BCUT2D eigenvalue weighted by Crippen LogP contribution is -2.13. The van der Waals surface area contributed by atoms with Gasteiger partial charge in [0.1, 0.15) is 0 Å². The van der Waals surface area contributed by atoms with Gasteiger partial charge >= 0.3 is 0 Å². The molecule has 0 unspecified atom stereocenters. The standard InChI is InChI=1S/C17H16N4O3/c1-23-14-8-7-11(9-15(14)24-2)10-18-21-16-17(22)20-13-6-4-3-5-12(13)19-16/h3-10H,1-2H3,(H,19,21)(H,20,22)/b18-10+. The Labute approximate surface area is 138 Å². The molecule has 0 aliphatic rings. The van der Waals surface area contributed by atoms with E-state index in [1.807, 2.05) is 24.3 Å². The van der Waals surface area contributed by atoms with Crippen molar-refractivity contribution in [3.05, 3.63) is 58.4 Å². The van der Waals surface area contributed by atoms with Gasteiger partial charge in [-0.05, 0) is 35.9 Å². The highest BCUT2D eigenvalue weighted by molar-refractivity contribution is 5.81. The van der Waals surface area contributed by atoms with Gasteiger partial charge in [0.25, 0.3) is 5.56 Å². The number of methoxy groups -OCH3 is 2. The topological polar surface area (TPSA) is 88.6 Å². The van der Waals surface area contributed by atoms with E-state index in [1.54, 1.807) is 38.6 Å².